The number of halogens is 3. The van der Waals surface area contributed by atoms with Gasteiger partial charge in [-0.25, -0.2) is 0 Å². The van der Waals surface area contributed by atoms with Gasteiger partial charge in [-0.15, -0.1) is 11.3 Å². The Bertz CT molecular complexity index is 554. The molecule has 6 heteroatoms. The summed E-state index contributed by atoms with van der Waals surface area (Å²) in [4.78, 5) is 1.15. The quantitative estimate of drug-likeness (QED) is 0.875. The van der Waals surface area contributed by atoms with Crippen molar-refractivity contribution in [1.82, 2.24) is 0 Å². The van der Waals surface area contributed by atoms with Crippen LogP contribution in [0.4, 0.5) is 13.2 Å². The normalized spacial score (nSPS) is 13.1. The summed E-state index contributed by atoms with van der Waals surface area (Å²) in [6.07, 6.45) is -3.70. The van der Waals surface area contributed by atoms with E-state index in [9.17, 15) is 13.2 Å². The summed E-state index contributed by atoms with van der Waals surface area (Å²) < 4.78 is 43.9. The van der Waals surface area contributed by atoms with Crippen molar-refractivity contribution in [3.63, 3.8) is 0 Å². The lowest BCUT2D eigenvalue weighted by Crippen LogP contribution is -2.24. The lowest BCUT2D eigenvalue weighted by Gasteiger charge is -2.18. The van der Waals surface area contributed by atoms with Gasteiger partial charge in [0.2, 0.25) is 0 Å². The van der Waals surface area contributed by atoms with Crippen LogP contribution in [0.5, 0.6) is 5.75 Å². The fourth-order valence-electron chi connectivity index (χ4n) is 1.96. The lowest BCUT2D eigenvalue weighted by molar-refractivity contribution is -0.139. The molecule has 0 aliphatic rings. The van der Waals surface area contributed by atoms with Gasteiger partial charge in [-0.05, 0) is 36.5 Å². The van der Waals surface area contributed by atoms with Crippen molar-refractivity contribution in [1.29, 1.82) is 0 Å². The summed E-state index contributed by atoms with van der Waals surface area (Å²) >= 11 is 1.60. The maximum absolute atomic E-state index is 12.9. The predicted molar refractivity (Wildman–Crippen MR) is 77.5 cm³/mol. The third-order valence-electron chi connectivity index (χ3n) is 3.07. The van der Waals surface area contributed by atoms with Gasteiger partial charge in [-0.3, -0.25) is 0 Å². The number of alkyl halides is 3. The molecule has 0 radical (unpaired) electrons. The van der Waals surface area contributed by atoms with E-state index in [1.807, 2.05) is 17.5 Å². The first-order valence-corrected chi connectivity index (χ1v) is 7.40. The van der Waals surface area contributed by atoms with Gasteiger partial charge in [-0.2, -0.15) is 13.2 Å². The van der Waals surface area contributed by atoms with Gasteiger partial charge in [0.05, 0.1) is 12.2 Å². The first-order valence-electron chi connectivity index (χ1n) is 6.52. The molecule has 0 saturated carbocycles. The molecular weight excluding hydrogens is 299 g/mol. The van der Waals surface area contributed by atoms with Gasteiger partial charge in [0.25, 0.3) is 0 Å². The van der Waals surface area contributed by atoms with Crippen LogP contribution in [-0.2, 0) is 12.6 Å². The topological polar surface area (TPSA) is 35.2 Å². The van der Waals surface area contributed by atoms with Crippen LogP contribution in [0.2, 0.25) is 0 Å². The van der Waals surface area contributed by atoms with Crippen molar-refractivity contribution in [3.05, 3.63) is 52.2 Å². The molecule has 2 nitrogen and oxygen atoms in total. The SMILES string of the molecule is NCC(COc1ccccc1C(F)(F)F)Cc1cccs1. The number of thiophene rings is 1. The van der Waals surface area contributed by atoms with Gasteiger partial charge in [0.15, 0.2) is 0 Å². The zero-order valence-electron chi connectivity index (χ0n) is 11.3. The Morgan fingerprint density at radius 2 is 1.90 bits per heavy atom. The van der Waals surface area contributed by atoms with Gasteiger partial charge >= 0.3 is 6.18 Å². The van der Waals surface area contributed by atoms with E-state index in [2.05, 4.69) is 0 Å². The van der Waals surface area contributed by atoms with Crippen LogP contribution in [0.25, 0.3) is 0 Å². The first kappa shape index (κ1) is 15.9. The number of hydrogen-bond acceptors (Lipinski definition) is 3. The fraction of sp³-hybridized carbons (Fsp3) is 0.333. The molecule has 0 fully saturated rings. The Morgan fingerprint density at radius 1 is 1.14 bits per heavy atom. The Morgan fingerprint density at radius 3 is 2.52 bits per heavy atom. The minimum atomic E-state index is -4.41. The lowest BCUT2D eigenvalue weighted by atomic mass is 10.1. The highest BCUT2D eigenvalue weighted by atomic mass is 32.1. The van der Waals surface area contributed by atoms with Crippen LogP contribution in [0, 0.1) is 5.92 Å². The zero-order valence-corrected chi connectivity index (χ0v) is 12.1. The molecule has 1 aromatic heterocycles. The van der Waals surface area contributed by atoms with E-state index < -0.39 is 11.7 Å². The largest absolute Gasteiger partial charge is 0.493 e. The maximum Gasteiger partial charge on any atom is 0.419 e. The Kier molecular flexibility index (Phi) is 5.25. The van der Waals surface area contributed by atoms with E-state index in [4.69, 9.17) is 10.5 Å². The molecule has 1 unspecified atom stereocenters. The van der Waals surface area contributed by atoms with Gasteiger partial charge in [-0.1, -0.05) is 18.2 Å². The molecule has 0 amide bonds. The smallest absolute Gasteiger partial charge is 0.419 e. The molecule has 1 atom stereocenters. The molecule has 2 aromatic rings. The van der Waals surface area contributed by atoms with Crippen LogP contribution in [0.1, 0.15) is 10.4 Å². The van der Waals surface area contributed by atoms with E-state index in [1.165, 1.54) is 18.2 Å². The number of hydrogen-bond donors (Lipinski definition) is 1. The Hall–Kier alpha value is -1.53. The summed E-state index contributed by atoms with van der Waals surface area (Å²) in [7, 11) is 0. The molecule has 0 saturated heterocycles. The molecule has 114 valence electrons. The number of benzene rings is 1. The average molecular weight is 315 g/mol. The van der Waals surface area contributed by atoms with E-state index in [0.29, 0.717) is 13.0 Å². The standard InChI is InChI=1S/C15H16F3NOS/c16-15(17,18)13-5-1-2-6-14(13)20-10-11(9-19)8-12-4-3-7-21-12/h1-7,11H,8-10,19H2. The number of para-hydroxylation sites is 1. The molecule has 1 heterocycles. The van der Waals surface area contributed by atoms with E-state index in [-0.39, 0.29) is 18.3 Å². The van der Waals surface area contributed by atoms with Crippen molar-refractivity contribution >= 4 is 11.3 Å². The van der Waals surface area contributed by atoms with Crippen molar-refractivity contribution in [3.8, 4) is 5.75 Å². The molecule has 0 aliphatic heterocycles. The highest BCUT2D eigenvalue weighted by Crippen LogP contribution is 2.36. The summed E-state index contributed by atoms with van der Waals surface area (Å²) in [5.74, 6) is -0.153. The van der Waals surface area contributed by atoms with Crippen LogP contribution < -0.4 is 10.5 Å². The Balaban J connectivity index is 2.01. The minimum Gasteiger partial charge on any atom is -0.493 e. The highest BCUT2D eigenvalue weighted by molar-refractivity contribution is 7.09. The van der Waals surface area contributed by atoms with Crippen LogP contribution in [0.3, 0.4) is 0 Å². The molecule has 0 spiro atoms. The van der Waals surface area contributed by atoms with Crippen molar-refractivity contribution in [2.45, 2.75) is 12.6 Å². The minimum absolute atomic E-state index is 0.00932. The second-order valence-corrected chi connectivity index (χ2v) is 5.72. The van der Waals surface area contributed by atoms with Crippen molar-refractivity contribution in [2.75, 3.05) is 13.2 Å². The van der Waals surface area contributed by atoms with Crippen LogP contribution in [0.15, 0.2) is 41.8 Å². The third-order valence-corrected chi connectivity index (χ3v) is 3.97. The molecule has 21 heavy (non-hydrogen) atoms. The zero-order chi connectivity index (χ0) is 15.3. The molecular formula is C15H16F3NOS. The van der Waals surface area contributed by atoms with Crippen molar-refractivity contribution < 1.29 is 17.9 Å². The van der Waals surface area contributed by atoms with Crippen molar-refractivity contribution in [2.24, 2.45) is 11.7 Å². The summed E-state index contributed by atoms with van der Waals surface area (Å²) in [5.41, 5.74) is 4.93. The second-order valence-electron chi connectivity index (χ2n) is 4.69. The van der Waals surface area contributed by atoms with E-state index >= 15 is 0 Å². The average Bonchev–Trinajstić information content (AvgIpc) is 2.95. The number of ether oxygens (including phenoxy) is 1. The van der Waals surface area contributed by atoms with E-state index in [0.717, 1.165) is 10.9 Å². The summed E-state index contributed by atoms with van der Waals surface area (Å²) in [5, 5.41) is 1.96. The number of nitrogens with two attached hydrogens (primary N) is 1. The summed E-state index contributed by atoms with van der Waals surface area (Å²) in [6.45, 7) is 0.535. The Labute approximate surface area is 125 Å². The summed E-state index contributed by atoms with van der Waals surface area (Å²) in [6, 6.07) is 9.15. The second kappa shape index (κ2) is 6.95. The van der Waals surface area contributed by atoms with E-state index in [1.54, 1.807) is 11.3 Å². The third kappa shape index (κ3) is 4.47. The van der Waals surface area contributed by atoms with Crippen LogP contribution >= 0.6 is 11.3 Å². The maximum atomic E-state index is 12.9. The molecule has 2 N–H and O–H groups in total. The fourth-order valence-corrected chi connectivity index (χ4v) is 2.78. The van der Waals surface area contributed by atoms with Gasteiger partial charge in [0.1, 0.15) is 5.75 Å². The predicted octanol–water partition coefficient (Wildman–Crippen LogP) is 3.96. The first-order chi connectivity index (χ1) is 10.0. The van der Waals surface area contributed by atoms with Crippen LogP contribution in [-0.4, -0.2) is 13.2 Å². The number of rotatable bonds is 6. The van der Waals surface area contributed by atoms with Gasteiger partial charge < -0.3 is 10.5 Å². The monoisotopic (exact) mass is 315 g/mol. The molecule has 1 aromatic carbocycles. The molecule has 2 rings (SSSR count). The molecule has 0 bridgehead atoms. The van der Waals surface area contributed by atoms with Gasteiger partial charge in [0, 0.05) is 10.8 Å². The molecule has 0 aliphatic carbocycles. The highest BCUT2D eigenvalue weighted by Gasteiger charge is 2.34.